The third kappa shape index (κ3) is 4.44. The van der Waals surface area contributed by atoms with Crippen LogP contribution in [0.15, 0.2) is 41.1 Å². The second-order valence-corrected chi connectivity index (χ2v) is 6.36. The Morgan fingerprint density at radius 2 is 1.96 bits per heavy atom. The van der Waals surface area contributed by atoms with E-state index < -0.39 is 0 Å². The molecule has 0 spiro atoms. The van der Waals surface area contributed by atoms with E-state index in [1.54, 1.807) is 6.26 Å². The first-order valence-corrected chi connectivity index (χ1v) is 8.58. The maximum absolute atomic E-state index is 12.1. The largest absolute Gasteiger partial charge is 0.364 e. The lowest BCUT2D eigenvalue weighted by atomic mass is 9.89. The Morgan fingerprint density at radius 3 is 2.74 bits per heavy atom. The number of benzene rings is 1. The highest BCUT2D eigenvalue weighted by atomic mass is 16.5. The van der Waals surface area contributed by atoms with Gasteiger partial charge in [-0.05, 0) is 25.2 Å². The van der Waals surface area contributed by atoms with E-state index in [-0.39, 0.29) is 5.91 Å². The molecule has 1 aliphatic carbocycles. The van der Waals surface area contributed by atoms with Crippen LogP contribution in [0, 0.1) is 5.92 Å². The lowest BCUT2D eigenvalue weighted by molar-refractivity contribution is -0.121. The maximum atomic E-state index is 12.1. The number of hydrogen-bond acceptors (Lipinski definition) is 3. The summed E-state index contributed by atoms with van der Waals surface area (Å²) in [7, 11) is 0. The number of nitrogens with one attached hydrogen (secondary N) is 1. The van der Waals surface area contributed by atoms with Crippen LogP contribution in [0.4, 0.5) is 0 Å². The molecule has 1 aliphatic rings. The van der Waals surface area contributed by atoms with Crippen molar-refractivity contribution in [3.63, 3.8) is 0 Å². The summed E-state index contributed by atoms with van der Waals surface area (Å²) in [5.74, 6) is 0.791. The van der Waals surface area contributed by atoms with Gasteiger partial charge in [0, 0.05) is 24.1 Å². The molecular weight excluding hydrogens is 288 g/mol. The van der Waals surface area contributed by atoms with Gasteiger partial charge in [-0.25, -0.2) is 0 Å². The number of rotatable bonds is 6. The number of hydrogen-bond donors (Lipinski definition) is 1. The van der Waals surface area contributed by atoms with Crippen LogP contribution in [-0.4, -0.2) is 17.6 Å². The van der Waals surface area contributed by atoms with Crippen molar-refractivity contribution in [2.75, 3.05) is 6.54 Å². The first-order chi connectivity index (χ1) is 11.3. The smallest absolute Gasteiger partial charge is 0.220 e. The van der Waals surface area contributed by atoms with Crippen LogP contribution in [0.25, 0.3) is 11.3 Å². The number of nitrogens with zero attached hydrogens (tertiary/aromatic N) is 1. The molecule has 0 unspecified atom stereocenters. The van der Waals surface area contributed by atoms with E-state index in [2.05, 4.69) is 10.5 Å². The zero-order chi connectivity index (χ0) is 15.9. The van der Waals surface area contributed by atoms with E-state index in [4.69, 9.17) is 4.52 Å². The van der Waals surface area contributed by atoms with E-state index in [9.17, 15) is 4.79 Å². The van der Waals surface area contributed by atoms with E-state index in [1.165, 1.54) is 32.1 Å². The first-order valence-electron chi connectivity index (χ1n) is 8.58. The Labute approximate surface area is 137 Å². The second kappa shape index (κ2) is 7.95. The normalized spacial score (nSPS) is 15.5. The van der Waals surface area contributed by atoms with Crippen LogP contribution < -0.4 is 5.32 Å². The zero-order valence-electron chi connectivity index (χ0n) is 13.5. The second-order valence-electron chi connectivity index (χ2n) is 6.36. The molecule has 23 heavy (non-hydrogen) atoms. The van der Waals surface area contributed by atoms with Gasteiger partial charge in [-0.3, -0.25) is 4.79 Å². The molecule has 1 fully saturated rings. The van der Waals surface area contributed by atoms with Gasteiger partial charge in [0.25, 0.3) is 0 Å². The van der Waals surface area contributed by atoms with Gasteiger partial charge < -0.3 is 9.84 Å². The average Bonchev–Trinajstić information content (AvgIpc) is 3.08. The molecule has 1 saturated carbocycles. The summed E-state index contributed by atoms with van der Waals surface area (Å²) in [6.07, 6.45) is 9.26. The molecule has 3 rings (SSSR count). The minimum absolute atomic E-state index is 0.121. The van der Waals surface area contributed by atoms with Crippen molar-refractivity contribution in [1.29, 1.82) is 0 Å². The predicted octanol–water partition coefficient (Wildman–Crippen LogP) is 3.97. The molecular formula is C19H24N2O2. The fraction of sp³-hybridized carbons (Fsp3) is 0.474. The van der Waals surface area contributed by atoms with E-state index >= 15 is 0 Å². The van der Waals surface area contributed by atoms with Gasteiger partial charge in [-0.1, -0.05) is 54.8 Å². The molecule has 0 atom stereocenters. The average molecular weight is 312 g/mol. The van der Waals surface area contributed by atoms with Gasteiger partial charge >= 0.3 is 0 Å². The number of carbonyl (C=O) groups excluding carboxylic acids is 1. The summed E-state index contributed by atoms with van der Waals surface area (Å²) >= 11 is 0. The number of aryl methyl sites for hydroxylation is 1. The van der Waals surface area contributed by atoms with Crippen molar-refractivity contribution in [3.8, 4) is 11.3 Å². The summed E-state index contributed by atoms with van der Waals surface area (Å²) in [5, 5.41) is 7.16. The highest BCUT2D eigenvalue weighted by Crippen LogP contribution is 2.24. The highest BCUT2D eigenvalue weighted by molar-refractivity contribution is 5.76. The Balaban J connectivity index is 1.49. The molecule has 4 heteroatoms. The van der Waals surface area contributed by atoms with Crippen LogP contribution >= 0.6 is 0 Å². The van der Waals surface area contributed by atoms with Crippen molar-refractivity contribution < 1.29 is 9.32 Å². The van der Waals surface area contributed by atoms with Crippen LogP contribution in [0.2, 0.25) is 0 Å². The molecule has 1 amide bonds. The van der Waals surface area contributed by atoms with E-state index in [0.29, 0.717) is 18.8 Å². The molecule has 1 aromatic carbocycles. The van der Waals surface area contributed by atoms with Crippen molar-refractivity contribution in [2.24, 2.45) is 5.92 Å². The Hall–Kier alpha value is -2.10. The third-order valence-electron chi connectivity index (χ3n) is 4.62. The minimum atomic E-state index is 0.121. The maximum Gasteiger partial charge on any atom is 0.220 e. The van der Waals surface area contributed by atoms with Gasteiger partial charge in [0.1, 0.15) is 12.0 Å². The fourth-order valence-electron chi connectivity index (χ4n) is 3.25. The lowest BCUT2D eigenvalue weighted by Crippen LogP contribution is -2.30. The Bertz CT molecular complexity index is 615. The van der Waals surface area contributed by atoms with Crippen LogP contribution in [0.5, 0.6) is 0 Å². The van der Waals surface area contributed by atoms with Crippen molar-refractivity contribution in [1.82, 2.24) is 10.5 Å². The van der Waals surface area contributed by atoms with Crippen molar-refractivity contribution in [3.05, 3.63) is 42.2 Å². The first kappa shape index (κ1) is 15.8. The minimum Gasteiger partial charge on any atom is -0.364 e. The predicted molar refractivity (Wildman–Crippen MR) is 89.8 cm³/mol. The molecule has 122 valence electrons. The summed E-state index contributed by atoms with van der Waals surface area (Å²) in [6.45, 7) is 0.827. The van der Waals surface area contributed by atoms with Gasteiger partial charge in [-0.15, -0.1) is 0 Å². The van der Waals surface area contributed by atoms with E-state index in [0.717, 1.165) is 23.4 Å². The summed E-state index contributed by atoms with van der Waals surface area (Å²) < 4.78 is 5.11. The molecule has 0 bridgehead atoms. The molecule has 1 aromatic heterocycles. The van der Waals surface area contributed by atoms with Gasteiger partial charge in [-0.2, -0.15) is 0 Å². The van der Waals surface area contributed by atoms with Crippen LogP contribution in [-0.2, 0) is 11.2 Å². The number of aromatic nitrogens is 1. The third-order valence-corrected chi connectivity index (χ3v) is 4.62. The standard InChI is InChI=1S/C19H24N2O2/c22-18(20-13-15-7-3-1-4-8-15)12-11-17-14-23-21-19(17)16-9-5-2-6-10-16/h2,5-6,9-10,14-15H,1,3-4,7-8,11-13H2,(H,20,22). The van der Waals surface area contributed by atoms with E-state index in [1.807, 2.05) is 30.3 Å². The van der Waals surface area contributed by atoms with Gasteiger partial charge in [0.15, 0.2) is 0 Å². The Morgan fingerprint density at radius 1 is 1.17 bits per heavy atom. The fourth-order valence-corrected chi connectivity index (χ4v) is 3.25. The van der Waals surface area contributed by atoms with Crippen LogP contribution in [0.3, 0.4) is 0 Å². The quantitative estimate of drug-likeness (QED) is 0.878. The molecule has 4 nitrogen and oxygen atoms in total. The molecule has 0 radical (unpaired) electrons. The molecule has 1 N–H and O–H groups in total. The molecule has 2 aromatic rings. The summed E-state index contributed by atoms with van der Waals surface area (Å²) in [6, 6.07) is 9.94. The number of carbonyl (C=O) groups is 1. The monoisotopic (exact) mass is 312 g/mol. The molecule has 0 saturated heterocycles. The van der Waals surface area contributed by atoms with Gasteiger partial charge in [0.2, 0.25) is 5.91 Å². The highest BCUT2D eigenvalue weighted by Gasteiger charge is 2.15. The lowest BCUT2D eigenvalue weighted by Gasteiger charge is -2.21. The van der Waals surface area contributed by atoms with Crippen molar-refractivity contribution >= 4 is 5.91 Å². The zero-order valence-corrected chi connectivity index (χ0v) is 13.5. The Kier molecular flexibility index (Phi) is 5.46. The summed E-state index contributed by atoms with van der Waals surface area (Å²) in [5.41, 5.74) is 2.86. The molecule has 1 heterocycles. The summed E-state index contributed by atoms with van der Waals surface area (Å²) in [4.78, 5) is 12.1. The van der Waals surface area contributed by atoms with Crippen LogP contribution in [0.1, 0.15) is 44.1 Å². The topological polar surface area (TPSA) is 55.1 Å². The van der Waals surface area contributed by atoms with Gasteiger partial charge in [0.05, 0.1) is 0 Å². The SMILES string of the molecule is O=C(CCc1conc1-c1ccccc1)NCC1CCCCC1. The van der Waals surface area contributed by atoms with Crippen molar-refractivity contribution in [2.45, 2.75) is 44.9 Å². The number of amides is 1. The molecule has 0 aliphatic heterocycles.